The summed E-state index contributed by atoms with van der Waals surface area (Å²) in [5, 5.41) is 9.16. The van der Waals surface area contributed by atoms with Crippen molar-refractivity contribution in [3.8, 4) is 0 Å². The average Bonchev–Trinajstić information content (AvgIpc) is 2.09. The number of ether oxygens (including phenoxy) is 1. The van der Waals surface area contributed by atoms with E-state index >= 15 is 0 Å². The molecule has 0 aliphatic carbocycles. The van der Waals surface area contributed by atoms with Gasteiger partial charge in [-0.15, -0.1) is 0 Å². The lowest BCUT2D eigenvalue weighted by molar-refractivity contribution is -0.00980. The van der Waals surface area contributed by atoms with Crippen molar-refractivity contribution in [3.05, 3.63) is 29.8 Å². The van der Waals surface area contributed by atoms with Crippen molar-refractivity contribution in [3.63, 3.8) is 0 Å². The second-order valence-corrected chi connectivity index (χ2v) is 2.81. The summed E-state index contributed by atoms with van der Waals surface area (Å²) in [6, 6.07) is 7.03. The largest absolute Gasteiger partial charge is 0.399 e. The number of anilines is 1. The smallest absolute Gasteiger partial charge is 0.133 e. The van der Waals surface area contributed by atoms with Crippen molar-refractivity contribution in [2.75, 3.05) is 12.8 Å². The molecule has 5 N–H and O–H groups in total. The first-order chi connectivity index (χ1) is 6.15. The van der Waals surface area contributed by atoms with Gasteiger partial charge < -0.3 is 21.3 Å². The summed E-state index contributed by atoms with van der Waals surface area (Å²) < 4.78 is 5.02. The first-order valence-electron chi connectivity index (χ1n) is 3.97. The molecule has 0 fully saturated rings. The zero-order chi connectivity index (χ0) is 9.84. The number of nitrogens with two attached hydrogens (primary N) is 2. The lowest BCUT2D eigenvalue weighted by Crippen LogP contribution is -2.28. The lowest BCUT2D eigenvalue weighted by Gasteiger charge is -2.18. The van der Waals surface area contributed by atoms with E-state index in [-0.39, 0.29) is 0 Å². The molecule has 4 heteroatoms. The molecule has 0 aliphatic rings. The summed E-state index contributed by atoms with van der Waals surface area (Å²) >= 11 is 0. The number of nitrogen functional groups attached to an aromatic ring is 1. The van der Waals surface area contributed by atoms with E-state index in [0.29, 0.717) is 5.69 Å². The molecule has 13 heavy (non-hydrogen) atoms. The molecule has 0 aromatic heterocycles. The molecule has 4 nitrogen and oxygen atoms in total. The molecule has 0 amide bonds. The van der Waals surface area contributed by atoms with Crippen LogP contribution >= 0.6 is 0 Å². The van der Waals surface area contributed by atoms with Gasteiger partial charge in [-0.1, -0.05) is 12.1 Å². The van der Waals surface area contributed by atoms with Crippen LogP contribution in [0.2, 0.25) is 0 Å². The molecule has 0 bridgehead atoms. The summed E-state index contributed by atoms with van der Waals surface area (Å²) in [6.45, 7) is 0. The van der Waals surface area contributed by atoms with E-state index in [1.54, 1.807) is 24.3 Å². The van der Waals surface area contributed by atoms with Gasteiger partial charge in [0.25, 0.3) is 0 Å². The highest BCUT2D eigenvalue weighted by Crippen LogP contribution is 2.19. The number of hydrogen-bond donors (Lipinski definition) is 3. The highest BCUT2D eigenvalue weighted by Gasteiger charge is 2.16. The summed E-state index contributed by atoms with van der Waals surface area (Å²) in [5.41, 5.74) is 12.3. The molecular formula is C9H14N2O2. The second-order valence-electron chi connectivity index (χ2n) is 2.81. The van der Waals surface area contributed by atoms with E-state index in [0.717, 1.165) is 5.56 Å². The maximum absolute atomic E-state index is 9.16. The van der Waals surface area contributed by atoms with Gasteiger partial charge in [0.05, 0.1) is 0 Å². The monoisotopic (exact) mass is 182 g/mol. The molecular weight excluding hydrogens is 168 g/mol. The molecule has 1 rings (SSSR count). The average molecular weight is 182 g/mol. The summed E-state index contributed by atoms with van der Waals surface area (Å²) in [7, 11) is 1.50. The normalized spacial score (nSPS) is 15.3. The number of aliphatic hydroxyl groups excluding tert-OH is 1. The molecule has 0 saturated carbocycles. The highest BCUT2D eigenvalue weighted by atomic mass is 16.5. The third-order valence-electron chi connectivity index (χ3n) is 1.83. The molecule has 0 saturated heterocycles. The van der Waals surface area contributed by atoms with Gasteiger partial charge in [-0.3, -0.25) is 0 Å². The zero-order valence-corrected chi connectivity index (χ0v) is 7.47. The Morgan fingerprint density at radius 2 is 1.85 bits per heavy atom. The number of methoxy groups -OCH3 is 1. The Balaban J connectivity index is 2.86. The van der Waals surface area contributed by atoms with E-state index < -0.39 is 12.3 Å². The van der Waals surface area contributed by atoms with Crippen molar-refractivity contribution < 1.29 is 9.84 Å². The molecule has 2 unspecified atom stereocenters. The first-order valence-corrected chi connectivity index (χ1v) is 3.97. The van der Waals surface area contributed by atoms with Gasteiger partial charge in [0.1, 0.15) is 12.3 Å². The lowest BCUT2D eigenvalue weighted by atomic mass is 10.1. The first kappa shape index (κ1) is 9.98. The van der Waals surface area contributed by atoms with Crippen LogP contribution in [-0.4, -0.2) is 18.4 Å². The fraction of sp³-hybridized carbons (Fsp3) is 0.333. The van der Waals surface area contributed by atoms with E-state index in [1.807, 2.05) is 0 Å². The Kier molecular flexibility index (Phi) is 3.25. The van der Waals surface area contributed by atoms with Crippen LogP contribution in [0.4, 0.5) is 5.69 Å². The van der Waals surface area contributed by atoms with Crippen LogP contribution in [0.15, 0.2) is 24.3 Å². The number of rotatable bonds is 3. The number of aliphatic hydroxyl groups is 1. The standard InChI is InChI=1S/C9H14N2O2/c1-13-8(9(11)12)6-2-4-7(10)5-3-6/h2-5,8-9,12H,10-11H2,1H3. The van der Waals surface area contributed by atoms with Gasteiger partial charge in [0.15, 0.2) is 0 Å². The molecule has 0 heterocycles. The van der Waals surface area contributed by atoms with E-state index in [4.69, 9.17) is 21.3 Å². The van der Waals surface area contributed by atoms with Crippen LogP contribution in [0.3, 0.4) is 0 Å². The van der Waals surface area contributed by atoms with Crippen molar-refractivity contribution in [1.82, 2.24) is 0 Å². The van der Waals surface area contributed by atoms with Crippen molar-refractivity contribution in [2.45, 2.75) is 12.3 Å². The third kappa shape index (κ3) is 2.42. The minimum Gasteiger partial charge on any atom is -0.399 e. The van der Waals surface area contributed by atoms with Crippen molar-refractivity contribution >= 4 is 5.69 Å². The zero-order valence-electron chi connectivity index (χ0n) is 7.47. The Hall–Kier alpha value is -1.10. The summed E-state index contributed by atoms with van der Waals surface area (Å²) in [6.07, 6.45) is -1.52. The van der Waals surface area contributed by atoms with Crippen molar-refractivity contribution in [2.24, 2.45) is 5.73 Å². The maximum atomic E-state index is 9.16. The number of benzene rings is 1. The molecule has 0 spiro atoms. The Morgan fingerprint density at radius 1 is 1.31 bits per heavy atom. The van der Waals surface area contributed by atoms with E-state index in [2.05, 4.69) is 0 Å². The van der Waals surface area contributed by atoms with E-state index in [1.165, 1.54) is 7.11 Å². The van der Waals surface area contributed by atoms with Gasteiger partial charge in [0.2, 0.25) is 0 Å². The van der Waals surface area contributed by atoms with Crippen LogP contribution in [-0.2, 0) is 4.74 Å². The van der Waals surface area contributed by atoms with Gasteiger partial charge in [-0.2, -0.15) is 0 Å². The van der Waals surface area contributed by atoms with Gasteiger partial charge in [-0.05, 0) is 17.7 Å². The Labute approximate surface area is 77.1 Å². The molecule has 2 atom stereocenters. The van der Waals surface area contributed by atoms with Gasteiger partial charge in [0, 0.05) is 12.8 Å². The third-order valence-corrected chi connectivity index (χ3v) is 1.83. The van der Waals surface area contributed by atoms with E-state index in [9.17, 15) is 0 Å². The van der Waals surface area contributed by atoms with Crippen LogP contribution in [0.1, 0.15) is 11.7 Å². The fourth-order valence-corrected chi connectivity index (χ4v) is 1.16. The molecule has 0 aliphatic heterocycles. The van der Waals surface area contributed by atoms with Crippen LogP contribution in [0.5, 0.6) is 0 Å². The fourth-order valence-electron chi connectivity index (χ4n) is 1.16. The van der Waals surface area contributed by atoms with Crippen molar-refractivity contribution in [1.29, 1.82) is 0 Å². The quantitative estimate of drug-likeness (QED) is 0.462. The summed E-state index contributed by atoms with van der Waals surface area (Å²) in [5.74, 6) is 0. The minimum absolute atomic E-state index is 0.499. The Morgan fingerprint density at radius 3 is 2.23 bits per heavy atom. The predicted molar refractivity (Wildman–Crippen MR) is 50.8 cm³/mol. The van der Waals surface area contributed by atoms with Crippen LogP contribution < -0.4 is 11.5 Å². The number of hydrogen-bond acceptors (Lipinski definition) is 4. The highest BCUT2D eigenvalue weighted by molar-refractivity contribution is 5.40. The topological polar surface area (TPSA) is 81.5 Å². The molecule has 1 aromatic rings. The van der Waals surface area contributed by atoms with Gasteiger partial charge >= 0.3 is 0 Å². The maximum Gasteiger partial charge on any atom is 0.133 e. The van der Waals surface area contributed by atoms with Crippen LogP contribution in [0, 0.1) is 0 Å². The minimum atomic E-state index is -1.02. The molecule has 0 radical (unpaired) electrons. The van der Waals surface area contributed by atoms with Gasteiger partial charge in [-0.25, -0.2) is 0 Å². The summed E-state index contributed by atoms with van der Waals surface area (Å²) in [4.78, 5) is 0. The predicted octanol–water partition coefficient (Wildman–Crippen LogP) is 0.233. The Bertz CT molecular complexity index is 259. The second kappa shape index (κ2) is 4.23. The van der Waals surface area contributed by atoms with Crippen LogP contribution in [0.25, 0.3) is 0 Å². The SMILES string of the molecule is COC(c1ccc(N)cc1)C(N)O. The molecule has 72 valence electrons. The molecule has 1 aromatic carbocycles.